The summed E-state index contributed by atoms with van der Waals surface area (Å²) in [5.41, 5.74) is 2.58. The van der Waals surface area contributed by atoms with E-state index in [4.69, 9.17) is 4.74 Å². The number of carbonyl (C=O) groups excluding carboxylic acids is 1. The number of rotatable bonds is 5. The van der Waals surface area contributed by atoms with E-state index in [1.54, 1.807) is 17.9 Å². The van der Waals surface area contributed by atoms with Crippen LogP contribution < -0.4 is 0 Å². The predicted molar refractivity (Wildman–Crippen MR) is 82.6 cm³/mol. The molecule has 0 spiro atoms. The summed E-state index contributed by atoms with van der Waals surface area (Å²) in [5.74, 6) is 0.639. The molecule has 0 amide bonds. The molecule has 0 saturated carbocycles. The number of hydrogen-bond donors (Lipinski definition) is 0. The largest absolute Gasteiger partial charge is 0.462 e. The van der Waals surface area contributed by atoms with Gasteiger partial charge in [-0.15, -0.1) is 0 Å². The maximum absolute atomic E-state index is 11.8. The summed E-state index contributed by atoms with van der Waals surface area (Å²) in [5, 5.41) is 3.96. The Hall–Kier alpha value is -2.63. The maximum atomic E-state index is 11.8. The van der Waals surface area contributed by atoms with Crippen molar-refractivity contribution in [1.82, 2.24) is 19.3 Å². The normalized spacial score (nSPS) is 11.0. The van der Waals surface area contributed by atoms with Gasteiger partial charge in [0.15, 0.2) is 0 Å². The van der Waals surface area contributed by atoms with E-state index in [1.807, 2.05) is 25.1 Å². The monoisotopic (exact) mass is 298 g/mol. The number of aryl methyl sites for hydroxylation is 3. The zero-order valence-corrected chi connectivity index (χ0v) is 12.7. The van der Waals surface area contributed by atoms with Crippen LogP contribution >= 0.6 is 0 Å². The summed E-state index contributed by atoms with van der Waals surface area (Å²) in [6.45, 7) is 3.13. The molecule has 22 heavy (non-hydrogen) atoms. The molecule has 2 aromatic heterocycles. The summed E-state index contributed by atoms with van der Waals surface area (Å²) in [7, 11) is 1.77. The van der Waals surface area contributed by atoms with E-state index >= 15 is 0 Å². The maximum Gasteiger partial charge on any atom is 0.341 e. The lowest BCUT2D eigenvalue weighted by Gasteiger charge is -2.07. The van der Waals surface area contributed by atoms with E-state index in [0.717, 1.165) is 29.8 Å². The first-order valence-corrected chi connectivity index (χ1v) is 7.23. The molecule has 0 N–H and O–H groups in total. The van der Waals surface area contributed by atoms with E-state index in [1.165, 1.54) is 6.20 Å². The highest BCUT2D eigenvalue weighted by molar-refractivity contribution is 5.88. The number of carbonyl (C=O) groups is 1. The summed E-state index contributed by atoms with van der Waals surface area (Å²) >= 11 is 0. The van der Waals surface area contributed by atoms with Crippen LogP contribution in [0.5, 0.6) is 0 Å². The number of esters is 1. The quantitative estimate of drug-likeness (QED) is 0.536. The van der Waals surface area contributed by atoms with Gasteiger partial charge < -0.3 is 9.30 Å². The molecule has 0 saturated heterocycles. The van der Waals surface area contributed by atoms with Crippen molar-refractivity contribution < 1.29 is 9.53 Å². The van der Waals surface area contributed by atoms with Crippen molar-refractivity contribution in [2.75, 3.05) is 6.61 Å². The molecule has 0 aliphatic carbocycles. The summed E-state index contributed by atoms with van der Waals surface area (Å²) in [6.07, 6.45) is 3.90. The van der Waals surface area contributed by atoms with Crippen molar-refractivity contribution >= 4 is 17.0 Å². The van der Waals surface area contributed by atoms with Gasteiger partial charge in [-0.2, -0.15) is 5.10 Å². The Bertz CT molecular complexity index is 803. The van der Waals surface area contributed by atoms with Crippen LogP contribution in [0.25, 0.3) is 11.0 Å². The molecule has 0 aliphatic heterocycles. The van der Waals surface area contributed by atoms with Gasteiger partial charge in [0.05, 0.1) is 29.4 Å². The molecule has 6 nitrogen and oxygen atoms in total. The third-order valence-electron chi connectivity index (χ3n) is 3.55. The van der Waals surface area contributed by atoms with Crippen LogP contribution in [0.3, 0.4) is 0 Å². The van der Waals surface area contributed by atoms with Gasteiger partial charge in [-0.25, -0.2) is 9.78 Å². The first kappa shape index (κ1) is 14.3. The minimum atomic E-state index is -0.333. The van der Waals surface area contributed by atoms with Crippen molar-refractivity contribution in [3.63, 3.8) is 0 Å². The molecule has 0 atom stereocenters. The summed E-state index contributed by atoms with van der Waals surface area (Å²) in [4.78, 5) is 16.3. The molecule has 3 rings (SSSR count). The molecule has 1 aromatic carbocycles. The molecule has 0 fully saturated rings. The fourth-order valence-corrected chi connectivity index (χ4v) is 2.48. The average Bonchev–Trinajstić information content (AvgIpc) is 3.07. The SMILES string of the molecule is Cc1nc2ccccc2n1CCCOC(=O)c1cnn(C)c1. The van der Waals surface area contributed by atoms with Crippen molar-refractivity contribution in [2.45, 2.75) is 19.9 Å². The molecule has 6 heteroatoms. The van der Waals surface area contributed by atoms with Crippen molar-refractivity contribution in [3.8, 4) is 0 Å². The van der Waals surface area contributed by atoms with Crippen LogP contribution in [0.15, 0.2) is 36.7 Å². The van der Waals surface area contributed by atoms with Gasteiger partial charge in [0, 0.05) is 19.8 Å². The summed E-state index contributed by atoms with van der Waals surface area (Å²) in [6, 6.07) is 8.04. The third kappa shape index (κ3) is 2.86. The summed E-state index contributed by atoms with van der Waals surface area (Å²) < 4.78 is 8.99. The number of para-hydroxylation sites is 2. The van der Waals surface area contributed by atoms with E-state index in [2.05, 4.69) is 20.7 Å². The number of imidazole rings is 1. The van der Waals surface area contributed by atoms with E-state index in [9.17, 15) is 4.79 Å². The van der Waals surface area contributed by atoms with Crippen LogP contribution in [0.4, 0.5) is 0 Å². The molecular formula is C16H18N4O2. The second-order valence-corrected chi connectivity index (χ2v) is 5.19. The van der Waals surface area contributed by atoms with Gasteiger partial charge in [0.1, 0.15) is 5.82 Å². The van der Waals surface area contributed by atoms with Crippen molar-refractivity contribution in [3.05, 3.63) is 48.0 Å². The Morgan fingerprint density at radius 1 is 1.32 bits per heavy atom. The second-order valence-electron chi connectivity index (χ2n) is 5.19. The Morgan fingerprint density at radius 3 is 2.91 bits per heavy atom. The van der Waals surface area contributed by atoms with Gasteiger partial charge in [-0.05, 0) is 25.5 Å². The van der Waals surface area contributed by atoms with E-state index in [0.29, 0.717) is 12.2 Å². The first-order chi connectivity index (χ1) is 10.6. The Kier molecular flexibility index (Phi) is 3.91. The minimum absolute atomic E-state index is 0.333. The predicted octanol–water partition coefficient (Wildman–Crippen LogP) is 2.33. The first-order valence-electron chi connectivity index (χ1n) is 7.23. The zero-order chi connectivity index (χ0) is 15.5. The van der Waals surface area contributed by atoms with Gasteiger partial charge >= 0.3 is 5.97 Å². The standard InChI is InChI=1S/C16H18N4O2/c1-12-18-14-6-3-4-7-15(14)20(12)8-5-9-22-16(21)13-10-17-19(2)11-13/h3-4,6-7,10-11H,5,8-9H2,1-2H3. The van der Waals surface area contributed by atoms with E-state index in [-0.39, 0.29) is 5.97 Å². The minimum Gasteiger partial charge on any atom is -0.462 e. The molecule has 2 heterocycles. The number of fused-ring (bicyclic) bond motifs is 1. The Morgan fingerprint density at radius 2 is 2.14 bits per heavy atom. The zero-order valence-electron chi connectivity index (χ0n) is 12.7. The Balaban J connectivity index is 1.56. The Labute approximate surface area is 128 Å². The number of hydrogen-bond acceptors (Lipinski definition) is 4. The van der Waals surface area contributed by atoms with Gasteiger partial charge in [-0.3, -0.25) is 4.68 Å². The number of aromatic nitrogens is 4. The van der Waals surface area contributed by atoms with Gasteiger partial charge in [-0.1, -0.05) is 12.1 Å². The van der Waals surface area contributed by atoms with Crippen LogP contribution in [0.2, 0.25) is 0 Å². The molecule has 3 aromatic rings. The fraction of sp³-hybridized carbons (Fsp3) is 0.312. The van der Waals surface area contributed by atoms with Crippen LogP contribution in [0, 0.1) is 6.92 Å². The third-order valence-corrected chi connectivity index (χ3v) is 3.55. The smallest absolute Gasteiger partial charge is 0.341 e. The second kappa shape index (κ2) is 6.01. The molecule has 0 unspecified atom stereocenters. The van der Waals surface area contributed by atoms with Gasteiger partial charge in [0.2, 0.25) is 0 Å². The molecular weight excluding hydrogens is 280 g/mol. The van der Waals surface area contributed by atoms with Crippen LogP contribution in [-0.4, -0.2) is 31.9 Å². The van der Waals surface area contributed by atoms with Crippen LogP contribution in [0.1, 0.15) is 22.6 Å². The topological polar surface area (TPSA) is 61.9 Å². The lowest BCUT2D eigenvalue weighted by Crippen LogP contribution is -2.09. The number of nitrogens with zero attached hydrogens (tertiary/aromatic N) is 4. The van der Waals surface area contributed by atoms with Crippen molar-refractivity contribution in [1.29, 1.82) is 0 Å². The van der Waals surface area contributed by atoms with E-state index < -0.39 is 0 Å². The number of ether oxygens (including phenoxy) is 1. The highest BCUT2D eigenvalue weighted by atomic mass is 16.5. The molecule has 114 valence electrons. The van der Waals surface area contributed by atoms with Crippen LogP contribution in [-0.2, 0) is 18.3 Å². The lowest BCUT2D eigenvalue weighted by atomic mass is 10.3. The lowest BCUT2D eigenvalue weighted by molar-refractivity contribution is 0.0496. The highest BCUT2D eigenvalue weighted by Gasteiger charge is 2.10. The number of benzene rings is 1. The highest BCUT2D eigenvalue weighted by Crippen LogP contribution is 2.15. The van der Waals surface area contributed by atoms with Gasteiger partial charge in [0.25, 0.3) is 0 Å². The molecule has 0 radical (unpaired) electrons. The molecule has 0 aliphatic rings. The average molecular weight is 298 g/mol. The molecule has 0 bridgehead atoms. The van der Waals surface area contributed by atoms with Crippen molar-refractivity contribution in [2.24, 2.45) is 7.05 Å². The fourth-order valence-electron chi connectivity index (χ4n) is 2.48.